The molecule has 0 spiro atoms. The summed E-state index contributed by atoms with van der Waals surface area (Å²) in [5.41, 5.74) is 8.77. The number of aromatic nitrogens is 3. The van der Waals surface area contributed by atoms with Gasteiger partial charge in [-0.25, -0.2) is 9.97 Å². The molecule has 0 aliphatic carbocycles. The van der Waals surface area contributed by atoms with Crippen molar-refractivity contribution in [2.24, 2.45) is 0 Å². The number of nitrogens with zero attached hydrogens (tertiary/aromatic N) is 4. The minimum absolute atomic E-state index is 0.129. The number of likely N-dealkylation sites (tertiary alicyclic amines) is 1. The van der Waals surface area contributed by atoms with Gasteiger partial charge in [-0.15, -0.1) is 0 Å². The van der Waals surface area contributed by atoms with Crippen LogP contribution < -0.4 is 10.5 Å². The van der Waals surface area contributed by atoms with E-state index in [0.717, 1.165) is 48.0 Å². The van der Waals surface area contributed by atoms with Crippen molar-refractivity contribution in [2.45, 2.75) is 12.5 Å². The fourth-order valence-electron chi connectivity index (χ4n) is 3.83. The number of fused-ring (bicyclic) bond motifs is 1. The first-order valence-corrected chi connectivity index (χ1v) is 9.32. The van der Waals surface area contributed by atoms with Crippen LogP contribution in [0.1, 0.15) is 12.5 Å². The molecule has 0 bridgehead atoms. The Hall–Kier alpha value is -3.06. The van der Waals surface area contributed by atoms with Gasteiger partial charge in [0.05, 0.1) is 24.1 Å². The van der Waals surface area contributed by atoms with Crippen LogP contribution in [0.5, 0.6) is 5.88 Å². The molecule has 144 valence electrons. The molecule has 28 heavy (non-hydrogen) atoms. The zero-order chi connectivity index (χ0) is 19.7. The molecule has 4 rings (SSSR count). The van der Waals surface area contributed by atoms with Crippen LogP contribution in [-0.4, -0.2) is 45.9 Å². The largest absolute Gasteiger partial charge is 0.482 e. The molecule has 3 aromatic rings. The van der Waals surface area contributed by atoms with Crippen LogP contribution in [0.2, 0.25) is 5.02 Å². The van der Waals surface area contributed by atoms with Crippen molar-refractivity contribution in [1.29, 1.82) is 0 Å². The van der Waals surface area contributed by atoms with E-state index in [9.17, 15) is 4.79 Å². The number of aldehydes is 1. The molecule has 1 atom stereocenters. The van der Waals surface area contributed by atoms with E-state index in [1.165, 1.54) is 12.4 Å². The van der Waals surface area contributed by atoms with Crippen LogP contribution in [0.25, 0.3) is 22.2 Å². The maximum atomic E-state index is 10.6. The second-order valence-electron chi connectivity index (χ2n) is 6.63. The topological polar surface area (TPSA) is 86.3 Å². The molecule has 2 aromatic heterocycles. The third kappa shape index (κ3) is 3.07. The molecule has 7 nitrogen and oxygen atoms in total. The lowest BCUT2D eigenvalue weighted by atomic mass is 10.1. The number of benzene rings is 1. The highest BCUT2D eigenvalue weighted by Crippen LogP contribution is 2.44. The first-order valence-electron chi connectivity index (χ1n) is 8.94. The smallest absolute Gasteiger partial charge is 0.204 e. The van der Waals surface area contributed by atoms with Crippen LogP contribution in [-0.2, 0) is 4.79 Å². The molecule has 2 N–H and O–H groups in total. The predicted molar refractivity (Wildman–Crippen MR) is 109 cm³/mol. The third-order valence-electron chi connectivity index (χ3n) is 5.03. The number of carbonyl (C=O) groups is 1. The third-order valence-corrected chi connectivity index (χ3v) is 5.28. The zero-order valence-electron chi connectivity index (χ0n) is 15.4. The van der Waals surface area contributed by atoms with Crippen molar-refractivity contribution in [1.82, 2.24) is 19.4 Å². The number of ether oxygens (including phenoxy) is 1. The van der Waals surface area contributed by atoms with Crippen LogP contribution in [0.3, 0.4) is 0 Å². The summed E-state index contributed by atoms with van der Waals surface area (Å²) in [7, 11) is 1.65. The highest BCUT2D eigenvalue weighted by Gasteiger charge is 2.30. The number of carbonyl (C=O) groups excluding carboxylic acids is 1. The number of halogens is 1. The van der Waals surface area contributed by atoms with E-state index >= 15 is 0 Å². The van der Waals surface area contributed by atoms with Gasteiger partial charge in [-0.05, 0) is 30.2 Å². The molecule has 1 fully saturated rings. The van der Waals surface area contributed by atoms with Gasteiger partial charge in [-0.3, -0.25) is 9.36 Å². The lowest BCUT2D eigenvalue weighted by molar-refractivity contribution is -0.104. The Morgan fingerprint density at radius 2 is 2.07 bits per heavy atom. The molecule has 1 aliphatic heterocycles. The summed E-state index contributed by atoms with van der Waals surface area (Å²) in [6.07, 6.45) is 6.47. The van der Waals surface area contributed by atoms with Crippen molar-refractivity contribution in [2.75, 3.05) is 25.9 Å². The highest BCUT2D eigenvalue weighted by atomic mass is 35.5. The Labute approximate surface area is 167 Å². The van der Waals surface area contributed by atoms with E-state index in [0.29, 0.717) is 16.7 Å². The van der Waals surface area contributed by atoms with Gasteiger partial charge in [0.15, 0.2) is 0 Å². The lowest BCUT2D eigenvalue weighted by Gasteiger charge is -2.18. The van der Waals surface area contributed by atoms with E-state index in [1.54, 1.807) is 7.11 Å². The van der Waals surface area contributed by atoms with Crippen molar-refractivity contribution in [3.05, 3.63) is 47.9 Å². The zero-order valence-corrected chi connectivity index (χ0v) is 16.1. The number of methoxy groups -OCH3 is 1. The number of hydrogen-bond donors (Lipinski definition) is 1. The molecular weight excluding hydrogens is 378 g/mol. The molecule has 0 radical (unpaired) electrons. The Morgan fingerprint density at radius 1 is 1.29 bits per heavy atom. The first kappa shape index (κ1) is 18.3. The lowest BCUT2D eigenvalue weighted by Crippen LogP contribution is -2.16. The van der Waals surface area contributed by atoms with Gasteiger partial charge in [-0.1, -0.05) is 23.7 Å². The quantitative estimate of drug-likeness (QED) is 0.525. The SMILES string of the molecule is COc1c(-c2ccc(Cl)cc2)c2c(N)ncnc2n1[C@@H]1CCN(C=CC=O)C1. The molecule has 1 aromatic carbocycles. The van der Waals surface area contributed by atoms with Gasteiger partial charge in [-0.2, -0.15) is 0 Å². The van der Waals surface area contributed by atoms with Crippen LogP contribution in [0, 0.1) is 0 Å². The second kappa shape index (κ2) is 7.52. The van der Waals surface area contributed by atoms with Gasteiger partial charge < -0.3 is 15.4 Å². The van der Waals surface area contributed by atoms with Gasteiger partial charge in [0.1, 0.15) is 24.1 Å². The molecular formula is C20H20ClN5O2. The number of nitrogen functional groups attached to an aromatic ring is 1. The Balaban J connectivity index is 1.90. The summed E-state index contributed by atoms with van der Waals surface area (Å²) < 4.78 is 7.93. The standard InChI is InChI=1S/C20H20ClN5O2/c1-28-20-16(13-3-5-14(21)6-4-13)17-18(22)23-12-24-19(17)26(20)15-7-9-25(11-15)8-2-10-27/h2-6,8,10,12,15H,7,9,11H2,1H3,(H2,22,23,24)/t15-/m1/s1. The fraction of sp³-hybridized carbons (Fsp3) is 0.250. The molecule has 0 unspecified atom stereocenters. The van der Waals surface area contributed by atoms with E-state index < -0.39 is 0 Å². The minimum atomic E-state index is 0.129. The molecule has 3 heterocycles. The molecule has 0 amide bonds. The monoisotopic (exact) mass is 397 g/mol. The molecule has 1 saturated heterocycles. The normalized spacial score (nSPS) is 16.9. The average Bonchev–Trinajstić information content (AvgIpc) is 3.29. The summed E-state index contributed by atoms with van der Waals surface area (Å²) in [5.74, 6) is 1.10. The highest BCUT2D eigenvalue weighted by molar-refractivity contribution is 6.30. The fourth-order valence-corrected chi connectivity index (χ4v) is 3.96. The van der Waals surface area contributed by atoms with Gasteiger partial charge in [0.25, 0.3) is 0 Å². The van der Waals surface area contributed by atoms with Gasteiger partial charge >= 0.3 is 0 Å². The molecule has 8 heteroatoms. The Kier molecular flexibility index (Phi) is 4.92. The number of hydrogen-bond acceptors (Lipinski definition) is 6. The second-order valence-corrected chi connectivity index (χ2v) is 7.07. The van der Waals surface area contributed by atoms with Crippen LogP contribution in [0.4, 0.5) is 5.82 Å². The summed E-state index contributed by atoms with van der Waals surface area (Å²) in [6.45, 7) is 1.59. The van der Waals surface area contributed by atoms with Crippen molar-refractivity contribution in [3.63, 3.8) is 0 Å². The van der Waals surface area contributed by atoms with E-state index in [2.05, 4.69) is 19.4 Å². The maximum Gasteiger partial charge on any atom is 0.204 e. The first-order chi connectivity index (χ1) is 13.6. The van der Waals surface area contributed by atoms with E-state index in [4.69, 9.17) is 22.1 Å². The summed E-state index contributed by atoms with van der Waals surface area (Å²) in [5, 5.41) is 1.42. The Morgan fingerprint density at radius 3 is 2.79 bits per heavy atom. The maximum absolute atomic E-state index is 10.6. The van der Waals surface area contributed by atoms with Crippen LogP contribution >= 0.6 is 11.6 Å². The van der Waals surface area contributed by atoms with Crippen LogP contribution in [0.15, 0.2) is 42.9 Å². The van der Waals surface area contributed by atoms with E-state index in [-0.39, 0.29) is 6.04 Å². The summed E-state index contributed by atoms with van der Waals surface area (Å²) in [4.78, 5) is 21.5. The van der Waals surface area contributed by atoms with E-state index in [1.807, 2.05) is 30.5 Å². The van der Waals surface area contributed by atoms with Crippen molar-refractivity contribution in [3.8, 4) is 17.0 Å². The van der Waals surface area contributed by atoms with Crippen molar-refractivity contribution >= 4 is 34.7 Å². The Bertz CT molecular complexity index is 1040. The van der Waals surface area contributed by atoms with Crippen molar-refractivity contribution < 1.29 is 9.53 Å². The number of anilines is 1. The summed E-state index contributed by atoms with van der Waals surface area (Å²) >= 11 is 6.07. The van der Waals surface area contributed by atoms with Gasteiger partial charge in [0, 0.05) is 24.3 Å². The summed E-state index contributed by atoms with van der Waals surface area (Å²) in [6, 6.07) is 7.67. The minimum Gasteiger partial charge on any atom is -0.482 e. The molecule has 1 aliphatic rings. The number of allylic oxidation sites excluding steroid dienone is 1. The number of rotatable bonds is 5. The number of nitrogens with two attached hydrogens (primary N) is 1. The van der Waals surface area contributed by atoms with Gasteiger partial charge in [0.2, 0.25) is 5.88 Å². The predicted octanol–water partition coefficient (Wildman–Crippen LogP) is 3.30. The molecule has 0 saturated carbocycles. The average molecular weight is 398 g/mol.